The third-order valence-corrected chi connectivity index (χ3v) is 3.44. The minimum atomic E-state index is -0.936. The van der Waals surface area contributed by atoms with E-state index in [0.717, 1.165) is 12.2 Å². The average Bonchev–Trinajstić information content (AvgIpc) is 2.39. The van der Waals surface area contributed by atoms with Gasteiger partial charge < -0.3 is 10.4 Å². The number of carboxylic acids is 1. The van der Waals surface area contributed by atoms with Gasteiger partial charge in [-0.1, -0.05) is 40.0 Å². The van der Waals surface area contributed by atoms with Crippen molar-refractivity contribution in [2.75, 3.05) is 6.54 Å². The van der Waals surface area contributed by atoms with Crippen LogP contribution >= 0.6 is 0 Å². The van der Waals surface area contributed by atoms with E-state index in [-0.39, 0.29) is 11.0 Å². The van der Waals surface area contributed by atoms with Crippen LogP contribution in [0.5, 0.6) is 0 Å². The molecule has 0 aliphatic heterocycles. The summed E-state index contributed by atoms with van der Waals surface area (Å²) < 4.78 is 0. The Kier molecular flexibility index (Phi) is 6.65. The fourth-order valence-corrected chi connectivity index (χ4v) is 2.13. The molecule has 0 saturated carbocycles. The number of unbranched alkanes of at least 4 members (excludes halogenated alkanes) is 2. The zero-order valence-corrected chi connectivity index (χ0v) is 12.8. The lowest BCUT2D eigenvalue weighted by Crippen LogP contribution is -2.29. The molecular weight excluding hydrogens is 252 g/mol. The number of hydrogen-bond acceptors (Lipinski definition) is 3. The molecule has 0 atom stereocenters. The quantitative estimate of drug-likeness (QED) is 0.679. The van der Waals surface area contributed by atoms with Crippen LogP contribution in [-0.4, -0.2) is 22.6 Å². The highest BCUT2D eigenvalue weighted by molar-refractivity contribution is 5.87. The Labute approximate surface area is 121 Å². The summed E-state index contributed by atoms with van der Waals surface area (Å²) >= 11 is 0. The summed E-state index contributed by atoms with van der Waals surface area (Å²) in [6.45, 7) is 8.39. The SMILES string of the molecule is CCCCCC(C)(C)CNCc1ccc(C(=O)O)cn1. The maximum absolute atomic E-state index is 10.7. The van der Waals surface area contributed by atoms with Crippen LogP contribution in [0.3, 0.4) is 0 Å². The highest BCUT2D eigenvalue weighted by Gasteiger charge is 2.16. The van der Waals surface area contributed by atoms with Crippen LogP contribution in [0, 0.1) is 5.41 Å². The van der Waals surface area contributed by atoms with Crippen LogP contribution in [0.1, 0.15) is 62.5 Å². The van der Waals surface area contributed by atoms with E-state index in [9.17, 15) is 4.79 Å². The first-order chi connectivity index (χ1) is 9.44. The van der Waals surface area contributed by atoms with Gasteiger partial charge in [0.1, 0.15) is 0 Å². The molecule has 0 fully saturated rings. The third-order valence-electron chi connectivity index (χ3n) is 3.44. The van der Waals surface area contributed by atoms with E-state index < -0.39 is 5.97 Å². The van der Waals surface area contributed by atoms with Gasteiger partial charge in [0, 0.05) is 19.3 Å². The summed E-state index contributed by atoms with van der Waals surface area (Å²) in [6, 6.07) is 3.36. The highest BCUT2D eigenvalue weighted by Crippen LogP contribution is 2.22. The van der Waals surface area contributed by atoms with Crippen molar-refractivity contribution in [1.29, 1.82) is 0 Å². The van der Waals surface area contributed by atoms with E-state index in [2.05, 4.69) is 31.1 Å². The van der Waals surface area contributed by atoms with Crippen molar-refractivity contribution >= 4 is 5.97 Å². The summed E-state index contributed by atoms with van der Waals surface area (Å²) in [5.74, 6) is -0.936. The zero-order valence-electron chi connectivity index (χ0n) is 12.8. The van der Waals surface area contributed by atoms with Gasteiger partial charge in [-0.25, -0.2) is 4.79 Å². The molecule has 0 spiro atoms. The van der Waals surface area contributed by atoms with Crippen LogP contribution in [0.2, 0.25) is 0 Å². The molecule has 0 radical (unpaired) electrons. The first kappa shape index (κ1) is 16.6. The first-order valence-corrected chi connectivity index (χ1v) is 7.33. The molecular formula is C16H26N2O2. The van der Waals surface area contributed by atoms with E-state index in [1.807, 2.05) is 0 Å². The lowest BCUT2D eigenvalue weighted by atomic mass is 9.87. The van der Waals surface area contributed by atoms with Crippen LogP contribution in [-0.2, 0) is 6.54 Å². The monoisotopic (exact) mass is 278 g/mol. The predicted molar refractivity (Wildman–Crippen MR) is 80.8 cm³/mol. The smallest absolute Gasteiger partial charge is 0.337 e. The van der Waals surface area contributed by atoms with Gasteiger partial charge in [0.15, 0.2) is 0 Å². The number of nitrogens with zero attached hydrogens (tertiary/aromatic N) is 1. The van der Waals surface area contributed by atoms with Gasteiger partial charge in [-0.15, -0.1) is 0 Å². The number of nitrogens with one attached hydrogen (secondary N) is 1. The topological polar surface area (TPSA) is 62.2 Å². The molecule has 0 saturated heterocycles. The third kappa shape index (κ3) is 6.15. The van der Waals surface area contributed by atoms with Gasteiger partial charge in [0.05, 0.1) is 11.3 Å². The maximum atomic E-state index is 10.7. The van der Waals surface area contributed by atoms with E-state index in [4.69, 9.17) is 5.11 Å². The summed E-state index contributed by atoms with van der Waals surface area (Å²) in [5, 5.41) is 12.2. The zero-order chi connectivity index (χ0) is 15.0. The normalized spacial score (nSPS) is 11.6. The second-order valence-corrected chi connectivity index (χ2v) is 6.07. The van der Waals surface area contributed by atoms with Gasteiger partial charge in [-0.2, -0.15) is 0 Å². The Bertz CT molecular complexity index is 413. The molecule has 4 heteroatoms. The molecule has 1 aromatic rings. The fraction of sp³-hybridized carbons (Fsp3) is 0.625. The van der Waals surface area contributed by atoms with E-state index in [1.165, 1.54) is 31.9 Å². The Hall–Kier alpha value is -1.42. The molecule has 0 amide bonds. The minimum Gasteiger partial charge on any atom is -0.478 e. The lowest BCUT2D eigenvalue weighted by Gasteiger charge is -2.25. The lowest BCUT2D eigenvalue weighted by molar-refractivity contribution is 0.0696. The van der Waals surface area contributed by atoms with Crippen molar-refractivity contribution < 1.29 is 9.90 Å². The van der Waals surface area contributed by atoms with Crippen molar-refractivity contribution in [3.05, 3.63) is 29.6 Å². The molecule has 1 aromatic heterocycles. The molecule has 0 aromatic carbocycles. The number of carboxylic acid groups (broad SMARTS) is 1. The van der Waals surface area contributed by atoms with Gasteiger partial charge >= 0.3 is 5.97 Å². The summed E-state index contributed by atoms with van der Waals surface area (Å²) in [5.41, 5.74) is 1.39. The molecule has 4 nitrogen and oxygen atoms in total. The second-order valence-electron chi connectivity index (χ2n) is 6.07. The number of aromatic carboxylic acids is 1. The van der Waals surface area contributed by atoms with Crippen molar-refractivity contribution in [2.45, 2.75) is 53.0 Å². The molecule has 0 aliphatic carbocycles. The predicted octanol–water partition coefficient (Wildman–Crippen LogP) is 3.48. The molecule has 0 unspecified atom stereocenters. The standard InChI is InChI=1S/C16H26N2O2/c1-4-5-6-9-16(2,3)12-17-11-14-8-7-13(10-18-14)15(19)20/h7-8,10,17H,4-6,9,11-12H2,1-3H3,(H,19,20). The van der Waals surface area contributed by atoms with Gasteiger partial charge in [0.25, 0.3) is 0 Å². The number of pyridine rings is 1. The van der Waals surface area contributed by atoms with Crippen molar-refractivity contribution in [1.82, 2.24) is 10.3 Å². The van der Waals surface area contributed by atoms with E-state index in [0.29, 0.717) is 6.54 Å². The van der Waals surface area contributed by atoms with Crippen LogP contribution in [0.15, 0.2) is 18.3 Å². The van der Waals surface area contributed by atoms with E-state index in [1.54, 1.807) is 12.1 Å². The van der Waals surface area contributed by atoms with Gasteiger partial charge in [0.2, 0.25) is 0 Å². The summed E-state index contributed by atoms with van der Waals surface area (Å²) in [6.07, 6.45) is 6.45. The molecule has 2 N–H and O–H groups in total. The van der Waals surface area contributed by atoms with Gasteiger partial charge in [-0.3, -0.25) is 4.98 Å². The number of hydrogen-bond donors (Lipinski definition) is 2. The average molecular weight is 278 g/mol. The van der Waals surface area contributed by atoms with Crippen molar-refractivity contribution in [2.24, 2.45) is 5.41 Å². The first-order valence-electron chi connectivity index (χ1n) is 7.33. The van der Waals surface area contributed by atoms with Crippen molar-refractivity contribution in [3.63, 3.8) is 0 Å². The molecule has 1 rings (SSSR count). The Balaban J connectivity index is 2.34. The van der Waals surface area contributed by atoms with Crippen LogP contribution in [0.25, 0.3) is 0 Å². The van der Waals surface area contributed by atoms with E-state index >= 15 is 0 Å². The number of rotatable bonds is 9. The molecule has 0 aliphatic rings. The summed E-state index contributed by atoms with van der Waals surface area (Å²) in [4.78, 5) is 14.9. The number of carbonyl (C=O) groups is 1. The molecule has 0 bridgehead atoms. The minimum absolute atomic E-state index is 0.230. The molecule has 20 heavy (non-hydrogen) atoms. The van der Waals surface area contributed by atoms with Crippen molar-refractivity contribution in [3.8, 4) is 0 Å². The number of aromatic nitrogens is 1. The molecule has 112 valence electrons. The van der Waals surface area contributed by atoms with Gasteiger partial charge in [-0.05, 0) is 24.0 Å². The second kappa shape index (κ2) is 8.00. The Morgan fingerprint density at radius 1 is 1.35 bits per heavy atom. The Morgan fingerprint density at radius 2 is 2.10 bits per heavy atom. The maximum Gasteiger partial charge on any atom is 0.337 e. The van der Waals surface area contributed by atoms with Crippen LogP contribution < -0.4 is 5.32 Å². The van der Waals surface area contributed by atoms with Crippen LogP contribution in [0.4, 0.5) is 0 Å². The Morgan fingerprint density at radius 3 is 2.65 bits per heavy atom. The highest BCUT2D eigenvalue weighted by atomic mass is 16.4. The largest absolute Gasteiger partial charge is 0.478 e. The molecule has 1 heterocycles. The fourth-order valence-electron chi connectivity index (χ4n) is 2.13. The summed E-state index contributed by atoms with van der Waals surface area (Å²) in [7, 11) is 0.